The number of anilines is 1. The maximum absolute atomic E-state index is 12.4. The average Bonchev–Trinajstić information content (AvgIpc) is 2.63. The molecule has 0 spiro atoms. The molecular formula is C18H27N5O3. The zero-order chi connectivity index (χ0) is 19.1. The van der Waals surface area contributed by atoms with Gasteiger partial charge in [0.2, 0.25) is 11.8 Å². The van der Waals surface area contributed by atoms with E-state index in [1.807, 2.05) is 17.9 Å². The molecule has 1 aromatic heterocycles. The lowest BCUT2D eigenvalue weighted by atomic mass is 9.95. The van der Waals surface area contributed by atoms with E-state index in [2.05, 4.69) is 20.9 Å². The lowest BCUT2D eigenvalue weighted by molar-refractivity contribution is -0.126. The number of aryl methyl sites for hydroxylation is 1. The summed E-state index contributed by atoms with van der Waals surface area (Å²) in [5.74, 6) is 0.0776. The van der Waals surface area contributed by atoms with Gasteiger partial charge in [-0.2, -0.15) is 0 Å². The van der Waals surface area contributed by atoms with Gasteiger partial charge in [-0.05, 0) is 58.3 Å². The third-order valence-corrected chi connectivity index (χ3v) is 4.56. The molecule has 2 heterocycles. The fourth-order valence-electron chi connectivity index (χ4n) is 2.91. The summed E-state index contributed by atoms with van der Waals surface area (Å²) in [4.78, 5) is 42.1. The zero-order valence-corrected chi connectivity index (χ0v) is 15.5. The van der Waals surface area contributed by atoms with Gasteiger partial charge >= 0.3 is 6.03 Å². The highest BCUT2D eigenvalue weighted by atomic mass is 16.2. The molecule has 3 N–H and O–H groups in total. The van der Waals surface area contributed by atoms with E-state index in [-0.39, 0.29) is 17.7 Å². The summed E-state index contributed by atoms with van der Waals surface area (Å²) in [5.41, 5.74) is 1.04. The number of aromatic nitrogens is 1. The molecule has 2 rings (SSSR count). The maximum Gasteiger partial charge on any atom is 0.321 e. The molecule has 8 nitrogen and oxygen atoms in total. The van der Waals surface area contributed by atoms with Crippen molar-refractivity contribution >= 4 is 23.7 Å². The Labute approximate surface area is 153 Å². The van der Waals surface area contributed by atoms with E-state index in [9.17, 15) is 14.4 Å². The predicted molar refractivity (Wildman–Crippen MR) is 98.6 cm³/mol. The molecule has 0 aromatic carbocycles. The van der Waals surface area contributed by atoms with E-state index in [1.165, 1.54) is 0 Å². The molecule has 4 amide bonds. The van der Waals surface area contributed by atoms with Gasteiger partial charge in [0.25, 0.3) is 0 Å². The number of hydrogen-bond acceptors (Lipinski definition) is 5. The molecular weight excluding hydrogens is 334 g/mol. The van der Waals surface area contributed by atoms with Crippen molar-refractivity contribution in [1.29, 1.82) is 0 Å². The van der Waals surface area contributed by atoms with Crippen LogP contribution in [0.3, 0.4) is 0 Å². The number of amides is 4. The SMILES string of the molecule is CCNC(=O)NC(=O)[C@H](C)N1CCC(C(=O)Nc2ccc(C)cn2)CC1. The van der Waals surface area contributed by atoms with E-state index >= 15 is 0 Å². The van der Waals surface area contributed by atoms with Crippen molar-refractivity contribution in [2.75, 3.05) is 25.0 Å². The number of imide groups is 1. The van der Waals surface area contributed by atoms with Crippen molar-refractivity contribution in [3.63, 3.8) is 0 Å². The highest BCUT2D eigenvalue weighted by molar-refractivity contribution is 5.96. The summed E-state index contributed by atoms with van der Waals surface area (Å²) in [5, 5.41) is 7.71. The molecule has 142 valence electrons. The van der Waals surface area contributed by atoms with Gasteiger partial charge in [-0.3, -0.25) is 19.8 Å². The van der Waals surface area contributed by atoms with Gasteiger partial charge in [0.05, 0.1) is 6.04 Å². The van der Waals surface area contributed by atoms with E-state index in [4.69, 9.17) is 0 Å². The molecule has 0 radical (unpaired) electrons. The van der Waals surface area contributed by atoms with Crippen molar-refractivity contribution in [2.45, 2.75) is 39.7 Å². The third kappa shape index (κ3) is 5.52. The van der Waals surface area contributed by atoms with Crippen LogP contribution in [0, 0.1) is 12.8 Å². The molecule has 1 atom stereocenters. The molecule has 0 bridgehead atoms. The number of pyridine rings is 1. The summed E-state index contributed by atoms with van der Waals surface area (Å²) < 4.78 is 0. The first-order chi connectivity index (χ1) is 12.4. The van der Waals surface area contributed by atoms with Crippen molar-refractivity contribution in [3.05, 3.63) is 23.9 Å². The maximum atomic E-state index is 12.4. The second-order valence-electron chi connectivity index (χ2n) is 6.54. The van der Waals surface area contributed by atoms with Crippen LogP contribution in [0.1, 0.15) is 32.3 Å². The molecule has 8 heteroatoms. The van der Waals surface area contributed by atoms with E-state index in [0.717, 1.165) is 5.56 Å². The minimum atomic E-state index is -0.482. The normalized spacial score (nSPS) is 16.6. The Kier molecular flexibility index (Phi) is 7.08. The second-order valence-corrected chi connectivity index (χ2v) is 6.54. The van der Waals surface area contributed by atoms with Crippen LogP contribution in [0.2, 0.25) is 0 Å². The molecule has 1 saturated heterocycles. The smallest absolute Gasteiger partial charge is 0.321 e. The Bertz CT molecular complexity index is 639. The number of rotatable bonds is 5. The summed E-state index contributed by atoms with van der Waals surface area (Å²) in [6, 6.07) is 2.79. The van der Waals surface area contributed by atoms with Gasteiger partial charge in [-0.25, -0.2) is 9.78 Å². The number of carbonyl (C=O) groups excluding carboxylic acids is 3. The van der Waals surface area contributed by atoms with E-state index in [1.54, 1.807) is 26.1 Å². The van der Waals surface area contributed by atoms with Crippen LogP contribution in [0.5, 0.6) is 0 Å². The minimum absolute atomic E-state index is 0.0413. The summed E-state index contributed by atoms with van der Waals surface area (Å²) in [6.45, 7) is 7.22. The zero-order valence-electron chi connectivity index (χ0n) is 15.5. The van der Waals surface area contributed by atoms with Gasteiger partial charge in [0, 0.05) is 18.7 Å². The van der Waals surface area contributed by atoms with Crippen LogP contribution < -0.4 is 16.0 Å². The van der Waals surface area contributed by atoms with Gasteiger partial charge in [-0.1, -0.05) is 6.07 Å². The molecule has 0 aliphatic carbocycles. The average molecular weight is 361 g/mol. The van der Waals surface area contributed by atoms with Gasteiger partial charge in [0.15, 0.2) is 0 Å². The Hall–Kier alpha value is -2.48. The van der Waals surface area contributed by atoms with E-state index < -0.39 is 12.1 Å². The number of hydrogen-bond donors (Lipinski definition) is 3. The molecule has 0 saturated carbocycles. The molecule has 1 fully saturated rings. The highest BCUT2D eigenvalue weighted by Gasteiger charge is 2.30. The van der Waals surface area contributed by atoms with E-state index in [0.29, 0.717) is 38.3 Å². The monoisotopic (exact) mass is 361 g/mol. The van der Waals surface area contributed by atoms with Gasteiger partial charge < -0.3 is 10.6 Å². The molecule has 1 aliphatic heterocycles. The Morgan fingerprint density at radius 3 is 2.54 bits per heavy atom. The van der Waals surface area contributed by atoms with Crippen LogP contribution in [0.15, 0.2) is 18.3 Å². The first-order valence-corrected chi connectivity index (χ1v) is 8.97. The number of urea groups is 1. The summed E-state index contributed by atoms with van der Waals surface area (Å²) in [7, 11) is 0. The standard InChI is InChI=1S/C18H27N5O3/c1-4-19-18(26)22-16(24)13(3)23-9-7-14(8-10-23)17(25)21-15-6-5-12(2)11-20-15/h5-6,11,13-14H,4,7-10H2,1-3H3,(H,20,21,25)(H2,19,22,24,26)/t13-/m0/s1. The quantitative estimate of drug-likeness (QED) is 0.733. The Balaban J connectivity index is 1.80. The van der Waals surface area contributed by atoms with Crippen LogP contribution in [0.25, 0.3) is 0 Å². The molecule has 1 aromatic rings. The fraction of sp³-hybridized carbons (Fsp3) is 0.556. The number of carbonyl (C=O) groups is 3. The van der Waals surface area contributed by atoms with Crippen LogP contribution >= 0.6 is 0 Å². The highest BCUT2D eigenvalue weighted by Crippen LogP contribution is 2.20. The predicted octanol–water partition coefficient (Wildman–Crippen LogP) is 1.27. The lowest BCUT2D eigenvalue weighted by Gasteiger charge is -2.34. The minimum Gasteiger partial charge on any atom is -0.338 e. The first-order valence-electron chi connectivity index (χ1n) is 8.97. The topological polar surface area (TPSA) is 103 Å². The largest absolute Gasteiger partial charge is 0.338 e. The molecule has 1 aliphatic rings. The number of likely N-dealkylation sites (tertiary alicyclic amines) is 1. The van der Waals surface area contributed by atoms with Crippen molar-refractivity contribution < 1.29 is 14.4 Å². The molecule has 0 unspecified atom stereocenters. The number of nitrogens with zero attached hydrogens (tertiary/aromatic N) is 2. The van der Waals surface area contributed by atoms with Crippen molar-refractivity contribution in [3.8, 4) is 0 Å². The first kappa shape index (κ1) is 19.8. The number of nitrogens with one attached hydrogen (secondary N) is 3. The lowest BCUT2D eigenvalue weighted by Crippen LogP contribution is -2.52. The van der Waals surface area contributed by atoms with Crippen molar-refractivity contribution in [2.24, 2.45) is 5.92 Å². The molecule has 26 heavy (non-hydrogen) atoms. The summed E-state index contributed by atoms with van der Waals surface area (Å²) >= 11 is 0. The fourth-order valence-corrected chi connectivity index (χ4v) is 2.91. The Morgan fingerprint density at radius 2 is 1.96 bits per heavy atom. The van der Waals surface area contributed by atoms with Crippen LogP contribution in [0.4, 0.5) is 10.6 Å². The van der Waals surface area contributed by atoms with Crippen molar-refractivity contribution in [1.82, 2.24) is 20.5 Å². The van der Waals surface area contributed by atoms with Gasteiger partial charge in [-0.15, -0.1) is 0 Å². The summed E-state index contributed by atoms with van der Waals surface area (Å²) in [6.07, 6.45) is 3.04. The number of piperidine rings is 1. The van der Waals surface area contributed by atoms with Gasteiger partial charge in [0.1, 0.15) is 5.82 Å². The van der Waals surface area contributed by atoms with Crippen LogP contribution in [-0.4, -0.2) is 53.4 Å². The Morgan fingerprint density at radius 1 is 1.27 bits per heavy atom. The second kappa shape index (κ2) is 9.28. The van der Waals surface area contributed by atoms with Crippen LogP contribution in [-0.2, 0) is 9.59 Å². The third-order valence-electron chi connectivity index (χ3n) is 4.56.